The predicted molar refractivity (Wildman–Crippen MR) is 122 cm³/mol. The lowest BCUT2D eigenvalue weighted by molar-refractivity contribution is 0.0977. The number of oxazole rings is 1. The third kappa shape index (κ3) is 4.32. The molecule has 0 saturated heterocycles. The number of aromatic nitrogens is 1. The number of carbonyl (C=O) groups excluding carboxylic acids is 1. The Hall–Kier alpha value is -2.74. The molecule has 0 atom stereocenters. The second-order valence-electron chi connectivity index (χ2n) is 6.07. The molecule has 29 heavy (non-hydrogen) atoms. The summed E-state index contributed by atoms with van der Waals surface area (Å²) in [5.41, 5.74) is 3.15. The molecule has 1 aromatic heterocycles. The number of hydrogen-bond acceptors (Lipinski definition) is 4. The fraction of sp³-hybridized carbons (Fsp3) is 0. The van der Waals surface area contributed by atoms with Crippen molar-refractivity contribution in [1.82, 2.24) is 10.3 Å². The summed E-state index contributed by atoms with van der Waals surface area (Å²) in [4.78, 5) is 16.9. The number of halogens is 2. The Morgan fingerprint density at radius 2 is 1.83 bits per heavy atom. The summed E-state index contributed by atoms with van der Waals surface area (Å²) in [5, 5.41) is 6.40. The van der Waals surface area contributed by atoms with E-state index >= 15 is 0 Å². The maximum atomic E-state index is 12.4. The maximum Gasteiger partial charge on any atom is 0.258 e. The molecule has 0 spiro atoms. The van der Waals surface area contributed by atoms with Crippen molar-refractivity contribution < 1.29 is 9.21 Å². The molecule has 0 radical (unpaired) electrons. The SMILES string of the molecule is O=C(NC(=S)Nc1ccc2oc(-c3ccccc3Cl)nc2c1)c1ccccc1Br. The minimum absolute atomic E-state index is 0.180. The van der Waals surface area contributed by atoms with Gasteiger partial charge in [-0.3, -0.25) is 10.1 Å². The van der Waals surface area contributed by atoms with E-state index in [0.29, 0.717) is 37.7 Å². The Bertz CT molecular complexity index is 1240. The molecule has 0 saturated carbocycles. The lowest BCUT2D eigenvalue weighted by Crippen LogP contribution is -2.34. The van der Waals surface area contributed by atoms with E-state index in [1.165, 1.54) is 0 Å². The average Bonchev–Trinajstić information content (AvgIpc) is 3.11. The Morgan fingerprint density at radius 3 is 2.62 bits per heavy atom. The number of anilines is 1. The molecule has 0 aliphatic heterocycles. The first-order valence-electron chi connectivity index (χ1n) is 8.53. The second kappa shape index (κ2) is 8.32. The van der Waals surface area contributed by atoms with Crippen LogP contribution in [-0.4, -0.2) is 16.0 Å². The lowest BCUT2D eigenvalue weighted by atomic mass is 10.2. The van der Waals surface area contributed by atoms with Crippen LogP contribution in [0.15, 0.2) is 75.6 Å². The number of carbonyl (C=O) groups is 1. The molecule has 2 N–H and O–H groups in total. The smallest absolute Gasteiger partial charge is 0.258 e. The molecule has 3 aromatic carbocycles. The zero-order chi connectivity index (χ0) is 20.4. The zero-order valence-corrected chi connectivity index (χ0v) is 17.9. The summed E-state index contributed by atoms with van der Waals surface area (Å²) in [7, 11) is 0. The Kier molecular flexibility index (Phi) is 5.62. The molecule has 0 aliphatic rings. The van der Waals surface area contributed by atoms with Crippen LogP contribution in [0.2, 0.25) is 5.02 Å². The zero-order valence-electron chi connectivity index (χ0n) is 14.8. The first-order valence-corrected chi connectivity index (χ1v) is 10.1. The number of nitrogens with one attached hydrogen (secondary N) is 2. The average molecular weight is 487 g/mol. The normalized spacial score (nSPS) is 10.7. The van der Waals surface area contributed by atoms with Crippen LogP contribution in [0, 0.1) is 0 Å². The van der Waals surface area contributed by atoms with Crippen LogP contribution in [0.5, 0.6) is 0 Å². The van der Waals surface area contributed by atoms with Crippen LogP contribution in [-0.2, 0) is 0 Å². The van der Waals surface area contributed by atoms with Crippen LogP contribution >= 0.6 is 39.7 Å². The van der Waals surface area contributed by atoms with Gasteiger partial charge in [-0.05, 0) is 70.6 Å². The van der Waals surface area contributed by atoms with E-state index in [1.54, 1.807) is 42.5 Å². The molecule has 5 nitrogen and oxygen atoms in total. The fourth-order valence-corrected chi connectivity index (χ4v) is 3.63. The minimum Gasteiger partial charge on any atom is -0.436 e. The third-order valence-electron chi connectivity index (χ3n) is 4.10. The number of nitrogens with zero attached hydrogens (tertiary/aromatic N) is 1. The minimum atomic E-state index is -0.307. The highest BCUT2D eigenvalue weighted by molar-refractivity contribution is 9.10. The molecule has 8 heteroatoms. The van der Waals surface area contributed by atoms with E-state index in [-0.39, 0.29) is 11.0 Å². The molecule has 0 aliphatic carbocycles. The Labute approximate surface area is 185 Å². The molecule has 4 aromatic rings. The van der Waals surface area contributed by atoms with Crippen molar-refractivity contribution in [2.75, 3.05) is 5.32 Å². The quantitative estimate of drug-likeness (QED) is 0.346. The van der Waals surface area contributed by atoms with Crippen molar-refractivity contribution in [1.29, 1.82) is 0 Å². The van der Waals surface area contributed by atoms with Crippen molar-refractivity contribution >= 4 is 67.6 Å². The molecule has 4 rings (SSSR count). The van der Waals surface area contributed by atoms with E-state index in [0.717, 1.165) is 5.56 Å². The largest absolute Gasteiger partial charge is 0.436 e. The second-order valence-corrected chi connectivity index (χ2v) is 7.74. The third-order valence-corrected chi connectivity index (χ3v) is 5.32. The van der Waals surface area contributed by atoms with Crippen molar-refractivity contribution in [2.24, 2.45) is 0 Å². The van der Waals surface area contributed by atoms with E-state index in [4.69, 9.17) is 28.2 Å². The molecule has 1 heterocycles. The molecule has 144 valence electrons. The van der Waals surface area contributed by atoms with Gasteiger partial charge in [0.15, 0.2) is 10.7 Å². The number of thiocarbonyl (C=S) groups is 1. The molecule has 0 bridgehead atoms. The van der Waals surface area contributed by atoms with Crippen molar-refractivity contribution in [3.05, 3.63) is 81.8 Å². The summed E-state index contributed by atoms with van der Waals surface area (Å²) in [6.45, 7) is 0. The molecule has 0 fully saturated rings. The van der Waals surface area contributed by atoms with Gasteiger partial charge in [-0.1, -0.05) is 35.9 Å². The number of rotatable bonds is 3. The van der Waals surface area contributed by atoms with Gasteiger partial charge >= 0.3 is 0 Å². The number of fused-ring (bicyclic) bond motifs is 1. The molecular weight excluding hydrogens is 474 g/mol. The van der Waals surface area contributed by atoms with E-state index in [9.17, 15) is 4.79 Å². The van der Waals surface area contributed by atoms with Crippen LogP contribution in [0.3, 0.4) is 0 Å². The Balaban J connectivity index is 1.51. The van der Waals surface area contributed by atoms with Gasteiger partial charge in [0, 0.05) is 10.2 Å². The number of benzene rings is 3. The fourth-order valence-electron chi connectivity index (χ4n) is 2.73. The van der Waals surface area contributed by atoms with Gasteiger partial charge in [0.1, 0.15) is 5.52 Å². The van der Waals surface area contributed by atoms with Gasteiger partial charge in [-0.2, -0.15) is 0 Å². The molecular formula is C21H13BrClN3O2S. The van der Waals surface area contributed by atoms with Gasteiger partial charge in [-0.25, -0.2) is 4.98 Å². The van der Waals surface area contributed by atoms with Crippen molar-refractivity contribution in [3.63, 3.8) is 0 Å². The van der Waals surface area contributed by atoms with Crippen LogP contribution in [0.4, 0.5) is 5.69 Å². The first kappa shape index (κ1) is 19.6. The van der Waals surface area contributed by atoms with Crippen LogP contribution in [0.1, 0.15) is 10.4 Å². The highest BCUT2D eigenvalue weighted by Gasteiger charge is 2.13. The van der Waals surface area contributed by atoms with Gasteiger partial charge in [0.25, 0.3) is 5.91 Å². The first-order chi connectivity index (χ1) is 14.0. The predicted octanol–water partition coefficient (Wildman–Crippen LogP) is 6.04. The van der Waals surface area contributed by atoms with Crippen molar-refractivity contribution in [3.8, 4) is 11.5 Å². The van der Waals surface area contributed by atoms with Crippen molar-refractivity contribution in [2.45, 2.75) is 0 Å². The summed E-state index contributed by atoms with van der Waals surface area (Å²) in [6.07, 6.45) is 0. The summed E-state index contributed by atoms with van der Waals surface area (Å²) >= 11 is 14.8. The van der Waals surface area contributed by atoms with Gasteiger partial charge in [-0.15, -0.1) is 0 Å². The summed E-state index contributed by atoms with van der Waals surface area (Å²) in [6, 6.07) is 19.8. The molecule has 0 unspecified atom stereocenters. The maximum absolute atomic E-state index is 12.4. The monoisotopic (exact) mass is 485 g/mol. The Morgan fingerprint density at radius 1 is 1.07 bits per heavy atom. The highest BCUT2D eigenvalue weighted by Crippen LogP contribution is 2.30. The van der Waals surface area contributed by atoms with E-state index in [2.05, 4.69) is 31.5 Å². The lowest BCUT2D eigenvalue weighted by Gasteiger charge is -2.10. The number of amides is 1. The van der Waals surface area contributed by atoms with E-state index < -0.39 is 0 Å². The summed E-state index contributed by atoms with van der Waals surface area (Å²) in [5.74, 6) is 0.131. The van der Waals surface area contributed by atoms with E-state index in [1.807, 2.05) is 24.3 Å². The highest BCUT2D eigenvalue weighted by atomic mass is 79.9. The van der Waals surface area contributed by atoms with Crippen LogP contribution in [0.25, 0.3) is 22.6 Å². The van der Waals surface area contributed by atoms with Crippen LogP contribution < -0.4 is 10.6 Å². The van der Waals surface area contributed by atoms with Gasteiger partial charge in [0.05, 0.1) is 16.1 Å². The van der Waals surface area contributed by atoms with Gasteiger partial charge < -0.3 is 9.73 Å². The summed E-state index contributed by atoms with van der Waals surface area (Å²) < 4.78 is 6.49. The number of hydrogen-bond donors (Lipinski definition) is 2. The topological polar surface area (TPSA) is 67.2 Å². The molecule has 1 amide bonds. The van der Waals surface area contributed by atoms with Gasteiger partial charge in [0.2, 0.25) is 5.89 Å². The standard InChI is InChI=1S/C21H13BrClN3O2S/c22-15-7-3-1-5-13(15)19(27)26-21(29)24-12-9-10-18-17(11-12)25-20(28-18)14-6-2-4-8-16(14)23/h1-11H,(H2,24,26,27,29).